The Hall–Kier alpha value is -2.08. The molecule has 0 unspecified atom stereocenters. The fraction of sp³-hybridized carbons (Fsp3) is 0.364. The number of benzene rings is 2. The molecule has 1 fully saturated rings. The Labute approximate surface area is 183 Å². The second-order valence-corrected chi connectivity index (χ2v) is 7.49. The van der Waals surface area contributed by atoms with Crippen molar-refractivity contribution in [2.24, 2.45) is 5.92 Å². The maximum atomic E-state index is 13.0. The lowest BCUT2D eigenvalue weighted by Crippen LogP contribution is -2.41. The van der Waals surface area contributed by atoms with Gasteiger partial charge in [-0.15, -0.1) is 12.4 Å². The highest BCUT2D eigenvalue weighted by atomic mass is 35.5. The van der Waals surface area contributed by atoms with E-state index < -0.39 is 0 Å². The van der Waals surface area contributed by atoms with Crippen molar-refractivity contribution in [3.8, 4) is 0 Å². The number of hydrogen-bond donors (Lipinski definition) is 2. The van der Waals surface area contributed by atoms with Crippen molar-refractivity contribution in [1.82, 2.24) is 10.2 Å². The topological polar surface area (TPSA) is 61.4 Å². The second-order valence-electron chi connectivity index (χ2n) is 7.05. The molecule has 1 saturated heterocycles. The molecule has 1 aliphatic heterocycles. The van der Waals surface area contributed by atoms with E-state index in [2.05, 4.69) is 17.6 Å². The average molecular weight is 436 g/mol. The molecule has 0 radical (unpaired) electrons. The molecule has 0 atom stereocenters. The molecule has 2 amide bonds. The van der Waals surface area contributed by atoms with Gasteiger partial charge in [0.1, 0.15) is 0 Å². The van der Waals surface area contributed by atoms with Crippen LogP contribution in [0.15, 0.2) is 48.5 Å². The lowest BCUT2D eigenvalue weighted by Gasteiger charge is -2.32. The van der Waals surface area contributed by atoms with Gasteiger partial charge >= 0.3 is 0 Å². The summed E-state index contributed by atoms with van der Waals surface area (Å²) < 4.78 is 0. The number of anilines is 1. The zero-order chi connectivity index (χ0) is 19.9. The fourth-order valence-electron chi connectivity index (χ4n) is 3.43. The maximum absolute atomic E-state index is 13.0. The maximum Gasteiger partial charge on any atom is 0.255 e. The van der Waals surface area contributed by atoms with Crippen LogP contribution in [0.5, 0.6) is 0 Å². The Balaban J connectivity index is 0.00000300. The van der Waals surface area contributed by atoms with Gasteiger partial charge in [-0.05, 0) is 68.2 Å². The highest BCUT2D eigenvalue weighted by Crippen LogP contribution is 2.23. The number of rotatable bonds is 6. The number of amides is 2. The summed E-state index contributed by atoms with van der Waals surface area (Å²) in [5.74, 6) is 0.319. The minimum absolute atomic E-state index is 0. The van der Waals surface area contributed by atoms with E-state index in [-0.39, 0.29) is 24.2 Å². The van der Waals surface area contributed by atoms with Crippen molar-refractivity contribution >= 4 is 41.5 Å². The molecule has 1 aliphatic rings. The van der Waals surface area contributed by atoms with E-state index in [1.807, 2.05) is 17.0 Å². The summed E-state index contributed by atoms with van der Waals surface area (Å²) in [6.45, 7) is 5.57. The van der Waals surface area contributed by atoms with Crippen LogP contribution < -0.4 is 10.6 Å². The van der Waals surface area contributed by atoms with Crippen molar-refractivity contribution in [3.05, 3.63) is 64.7 Å². The largest absolute Gasteiger partial charge is 0.339 e. The SMILES string of the molecule is CCNCC1CCN(C(=O)c2ccccc2NC(=O)c2ccc(Cl)cc2)CC1.Cl. The third kappa shape index (κ3) is 6.20. The van der Waals surface area contributed by atoms with Crippen LogP contribution in [0.4, 0.5) is 5.69 Å². The highest BCUT2D eigenvalue weighted by molar-refractivity contribution is 6.30. The lowest BCUT2D eigenvalue weighted by molar-refractivity contribution is 0.0691. The number of likely N-dealkylation sites (tertiary alicyclic amines) is 1. The lowest BCUT2D eigenvalue weighted by atomic mass is 9.96. The van der Waals surface area contributed by atoms with Crippen molar-refractivity contribution in [2.45, 2.75) is 19.8 Å². The van der Waals surface area contributed by atoms with Gasteiger partial charge in [0.25, 0.3) is 11.8 Å². The van der Waals surface area contributed by atoms with Gasteiger partial charge in [-0.25, -0.2) is 0 Å². The van der Waals surface area contributed by atoms with Crippen LogP contribution in [-0.2, 0) is 0 Å². The monoisotopic (exact) mass is 435 g/mol. The molecule has 7 heteroatoms. The van der Waals surface area contributed by atoms with E-state index >= 15 is 0 Å². The van der Waals surface area contributed by atoms with Crippen molar-refractivity contribution in [2.75, 3.05) is 31.5 Å². The molecule has 3 rings (SSSR count). The van der Waals surface area contributed by atoms with Gasteiger partial charge in [-0.1, -0.05) is 30.7 Å². The molecule has 2 aromatic carbocycles. The quantitative estimate of drug-likeness (QED) is 0.702. The zero-order valence-electron chi connectivity index (χ0n) is 16.5. The first-order valence-corrected chi connectivity index (χ1v) is 10.1. The van der Waals surface area contributed by atoms with Gasteiger partial charge in [0, 0.05) is 23.7 Å². The number of carbonyl (C=O) groups is 2. The molecule has 5 nitrogen and oxygen atoms in total. The van der Waals surface area contributed by atoms with Crippen molar-refractivity contribution in [1.29, 1.82) is 0 Å². The number of carbonyl (C=O) groups excluding carboxylic acids is 2. The van der Waals surface area contributed by atoms with Gasteiger partial charge in [-0.2, -0.15) is 0 Å². The average Bonchev–Trinajstić information content (AvgIpc) is 2.73. The van der Waals surface area contributed by atoms with E-state index in [0.29, 0.717) is 27.8 Å². The molecule has 0 saturated carbocycles. The van der Waals surface area contributed by atoms with Crippen molar-refractivity contribution < 1.29 is 9.59 Å². The number of piperidine rings is 1. The van der Waals surface area contributed by atoms with E-state index in [1.54, 1.807) is 36.4 Å². The first-order chi connectivity index (χ1) is 13.6. The van der Waals surface area contributed by atoms with Gasteiger partial charge < -0.3 is 15.5 Å². The molecule has 2 aromatic rings. The molecule has 0 bridgehead atoms. The van der Waals surface area contributed by atoms with Crippen LogP contribution in [0.1, 0.15) is 40.5 Å². The Morgan fingerprint density at radius 2 is 1.72 bits per heavy atom. The van der Waals surface area contributed by atoms with Crippen molar-refractivity contribution in [3.63, 3.8) is 0 Å². The predicted molar refractivity (Wildman–Crippen MR) is 120 cm³/mol. The summed E-state index contributed by atoms with van der Waals surface area (Å²) in [5.41, 5.74) is 1.55. The number of nitrogens with zero attached hydrogens (tertiary/aromatic N) is 1. The van der Waals surface area contributed by atoms with Crippen LogP contribution >= 0.6 is 24.0 Å². The van der Waals surface area contributed by atoms with E-state index in [0.717, 1.165) is 39.0 Å². The molecule has 156 valence electrons. The highest BCUT2D eigenvalue weighted by Gasteiger charge is 2.25. The molecule has 0 aromatic heterocycles. The summed E-state index contributed by atoms with van der Waals surface area (Å²) in [6.07, 6.45) is 2.00. The summed E-state index contributed by atoms with van der Waals surface area (Å²) in [4.78, 5) is 27.5. The van der Waals surface area contributed by atoms with Crippen LogP contribution in [0.2, 0.25) is 5.02 Å². The Bertz CT molecular complexity index is 819. The number of halogens is 2. The summed E-state index contributed by atoms with van der Waals surface area (Å²) in [7, 11) is 0. The Kier molecular flexibility index (Phi) is 8.96. The van der Waals surface area contributed by atoms with Gasteiger partial charge in [-0.3, -0.25) is 9.59 Å². The van der Waals surface area contributed by atoms with Crippen LogP contribution in [0, 0.1) is 5.92 Å². The third-order valence-electron chi connectivity index (χ3n) is 5.10. The molecule has 1 heterocycles. The standard InChI is InChI=1S/C22H26ClN3O2.ClH/c1-2-24-15-16-11-13-26(14-12-16)22(28)19-5-3-4-6-20(19)25-21(27)17-7-9-18(23)10-8-17;/h3-10,16,24H,2,11-15H2,1H3,(H,25,27);1H. The predicted octanol–water partition coefficient (Wildman–Crippen LogP) is 4.48. The van der Waals surface area contributed by atoms with Crippen LogP contribution in [0.3, 0.4) is 0 Å². The number of nitrogens with one attached hydrogen (secondary N) is 2. The normalized spacial score (nSPS) is 14.2. The minimum Gasteiger partial charge on any atom is -0.339 e. The minimum atomic E-state index is -0.263. The second kappa shape index (κ2) is 11.2. The summed E-state index contributed by atoms with van der Waals surface area (Å²) >= 11 is 5.88. The van der Waals surface area contributed by atoms with Gasteiger partial charge in [0.15, 0.2) is 0 Å². The van der Waals surface area contributed by atoms with E-state index in [1.165, 1.54) is 0 Å². The summed E-state index contributed by atoms with van der Waals surface area (Å²) in [5, 5.41) is 6.82. The van der Waals surface area contributed by atoms with E-state index in [4.69, 9.17) is 11.6 Å². The Morgan fingerprint density at radius 1 is 1.07 bits per heavy atom. The number of hydrogen-bond acceptors (Lipinski definition) is 3. The van der Waals surface area contributed by atoms with Gasteiger partial charge in [0.05, 0.1) is 11.3 Å². The zero-order valence-corrected chi connectivity index (χ0v) is 18.1. The Morgan fingerprint density at radius 3 is 2.38 bits per heavy atom. The van der Waals surface area contributed by atoms with Crippen LogP contribution in [0.25, 0.3) is 0 Å². The smallest absolute Gasteiger partial charge is 0.255 e. The first-order valence-electron chi connectivity index (χ1n) is 9.74. The number of para-hydroxylation sites is 1. The van der Waals surface area contributed by atoms with Gasteiger partial charge in [0.2, 0.25) is 0 Å². The molecule has 0 spiro atoms. The third-order valence-corrected chi connectivity index (χ3v) is 5.35. The van der Waals surface area contributed by atoms with E-state index in [9.17, 15) is 9.59 Å². The molecular formula is C22H27Cl2N3O2. The first kappa shape index (κ1) is 23.2. The molecule has 0 aliphatic carbocycles. The summed E-state index contributed by atoms with van der Waals surface area (Å²) in [6, 6.07) is 13.8. The fourth-order valence-corrected chi connectivity index (χ4v) is 3.56. The molecule has 29 heavy (non-hydrogen) atoms. The van der Waals surface area contributed by atoms with Crippen LogP contribution in [-0.4, -0.2) is 42.9 Å². The molecule has 2 N–H and O–H groups in total. The molecular weight excluding hydrogens is 409 g/mol.